The zero-order chi connectivity index (χ0) is 18.4. The van der Waals surface area contributed by atoms with Crippen LogP contribution in [-0.2, 0) is 0 Å². The highest BCUT2D eigenvalue weighted by Crippen LogP contribution is 2.36. The van der Waals surface area contributed by atoms with Gasteiger partial charge in [0, 0.05) is 5.56 Å². The lowest BCUT2D eigenvalue weighted by Gasteiger charge is -2.14. The van der Waals surface area contributed by atoms with Crippen molar-refractivity contribution < 1.29 is 19.0 Å². The molecule has 3 rings (SSSR count). The summed E-state index contributed by atoms with van der Waals surface area (Å²) in [6.45, 7) is 2.96. The first-order chi connectivity index (χ1) is 12.7. The first kappa shape index (κ1) is 18.1. The predicted octanol–water partition coefficient (Wildman–Crippen LogP) is 5.16. The molecule has 0 aromatic heterocycles. The summed E-state index contributed by atoms with van der Waals surface area (Å²) in [7, 11) is 0. The van der Waals surface area contributed by atoms with E-state index < -0.39 is 0 Å². The van der Waals surface area contributed by atoms with Crippen molar-refractivity contribution in [3.05, 3.63) is 65.2 Å². The standard InChI is InChI=1S/C21H19ClO4/c1-2-24-20-12-15(14-23)11-19(22)21(20)26-10-9-25-18-8-7-16-5-3-4-6-17(16)13-18/h3-8,11-14H,2,9-10H2,1H3. The lowest BCUT2D eigenvalue weighted by atomic mass is 10.1. The van der Waals surface area contributed by atoms with Gasteiger partial charge in [-0.25, -0.2) is 0 Å². The van der Waals surface area contributed by atoms with Gasteiger partial charge in [0.25, 0.3) is 0 Å². The SMILES string of the molecule is CCOc1cc(C=O)cc(Cl)c1OCCOc1ccc2ccccc2c1. The minimum Gasteiger partial charge on any atom is -0.490 e. The van der Waals surface area contributed by atoms with Gasteiger partial charge in [-0.05, 0) is 42.0 Å². The molecule has 0 bridgehead atoms. The first-order valence-electron chi connectivity index (χ1n) is 8.37. The third-order valence-corrected chi connectivity index (χ3v) is 4.07. The monoisotopic (exact) mass is 370 g/mol. The van der Waals surface area contributed by atoms with Crippen molar-refractivity contribution in [1.82, 2.24) is 0 Å². The van der Waals surface area contributed by atoms with Crippen molar-refractivity contribution >= 4 is 28.7 Å². The van der Waals surface area contributed by atoms with Crippen molar-refractivity contribution in [2.24, 2.45) is 0 Å². The molecular formula is C21H19ClO4. The fraction of sp³-hybridized carbons (Fsp3) is 0.190. The molecule has 0 saturated heterocycles. The Morgan fingerprint density at radius 1 is 0.923 bits per heavy atom. The largest absolute Gasteiger partial charge is 0.490 e. The molecule has 0 amide bonds. The second-order valence-corrected chi connectivity index (χ2v) is 5.99. The van der Waals surface area contributed by atoms with Gasteiger partial charge in [0.05, 0.1) is 11.6 Å². The summed E-state index contributed by atoms with van der Waals surface area (Å²) in [4.78, 5) is 11.0. The number of halogens is 1. The Bertz CT molecular complexity index is 908. The molecular weight excluding hydrogens is 352 g/mol. The molecule has 0 atom stereocenters. The van der Waals surface area contributed by atoms with Gasteiger partial charge in [-0.1, -0.05) is 41.9 Å². The number of hydrogen-bond donors (Lipinski definition) is 0. The molecule has 0 spiro atoms. The normalized spacial score (nSPS) is 10.5. The van der Waals surface area contributed by atoms with Gasteiger partial charge in [-0.3, -0.25) is 4.79 Å². The van der Waals surface area contributed by atoms with E-state index in [1.165, 1.54) is 5.39 Å². The van der Waals surface area contributed by atoms with E-state index in [1.54, 1.807) is 12.1 Å². The minimum atomic E-state index is 0.299. The van der Waals surface area contributed by atoms with Gasteiger partial charge in [0.15, 0.2) is 11.5 Å². The Labute approximate surface area is 157 Å². The molecule has 4 nitrogen and oxygen atoms in total. The number of aldehydes is 1. The van der Waals surface area contributed by atoms with E-state index in [4.69, 9.17) is 25.8 Å². The Morgan fingerprint density at radius 2 is 1.69 bits per heavy atom. The molecule has 0 unspecified atom stereocenters. The number of carbonyl (C=O) groups is 1. The lowest BCUT2D eigenvalue weighted by Crippen LogP contribution is -2.10. The van der Waals surface area contributed by atoms with Gasteiger partial charge in [-0.15, -0.1) is 0 Å². The van der Waals surface area contributed by atoms with Gasteiger partial charge in [-0.2, -0.15) is 0 Å². The molecule has 134 valence electrons. The van der Waals surface area contributed by atoms with E-state index in [2.05, 4.69) is 6.07 Å². The molecule has 26 heavy (non-hydrogen) atoms. The summed E-state index contributed by atoms with van der Waals surface area (Å²) in [5.74, 6) is 1.65. The summed E-state index contributed by atoms with van der Waals surface area (Å²) in [5.41, 5.74) is 0.443. The van der Waals surface area contributed by atoms with Crippen LogP contribution in [0.5, 0.6) is 17.2 Å². The lowest BCUT2D eigenvalue weighted by molar-refractivity contribution is 0.112. The van der Waals surface area contributed by atoms with E-state index in [9.17, 15) is 4.79 Å². The maximum atomic E-state index is 11.0. The third-order valence-electron chi connectivity index (χ3n) is 3.79. The van der Waals surface area contributed by atoms with Crippen molar-refractivity contribution in [2.75, 3.05) is 19.8 Å². The third kappa shape index (κ3) is 4.27. The Morgan fingerprint density at radius 3 is 2.46 bits per heavy atom. The molecule has 0 saturated carbocycles. The summed E-state index contributed by atoms with van der Waals surface area (Å²) >= 11 is 6.21. The van der Waals surface area contributed by atoms with Crippen LogP contribution in [0.15, 0.2) is 54.6 Å². The zero-order valence-corrected chi connectivity index (χ0v) is 15.2. The molecule has 3 aromatic rings. The molecule has 5 heteroatoms. The summed E-state index contributed by atoms with van der Waals surface area (Å²) in [6.07, 6.45) is 0.723. The van der Waals surface area contributed by atoms with Crippen LogP contribution in [0.1, 0.15) is 17.3 Å². The van der Waals surface area contributed by atoms with Gasteiger partial charge >= 0.3 is 0 Å². The van der Waals surface area contributed by atoms with E-state index in [-0.39, 0.29) is 0 Å². The molecule has 0 aliphatic rings. The Balaban J connectivity index is 1.63. The van der Waals surface area contributed by atoms with Crippen LogP contribution in [-0.4, -0.2) is 26.1 Å². The highest BCUT2D eigenvalue weighted by Gasteiger charge is 2.12. The summed E-state index contributed by atoms with van der Waals surface area (Å²) < 4.78 is 17.0. The van der Waals surface area contributed by atoms with Crippen LogP contribution in [0.4, 0.5) is 0 Å². The molecule has 0 radical (unpaired) electrons. The molecule has 0 fully saturated rings. The Kier molecular flexibility index (Phi) is 5.97. The fourth-order valence-corrected chi connectivity index (χ4v) is 2.89. The molecule has 0 N–H and O–H groups in total. The molecule has 0 aliphatic heterocycles. The second-order valence-electron chi connectivity index (χ2n) is 5.59. The predicted molar refractivity (Wildman–Crippen MR) is 103 cm³/mol. The highest BCUT2D eigenvalue weighted by molar-refractivity contribution is 6.32. The van der Waals surface area contributed by atoms with E-state index in [1.807, 2.05) is 43.3 Å². The van der Waals surface area contributed by atoms with Crippen molar-refractivity contribution in [3.63, 3.8) is 0 Å². The van der Waals surface area contributed by atoms with E-state index in [0.29, 0.717) is 41.9 Å². The summed E-state index contributed by atoms with van der Waals surface area (Å²) in [5, 5.41) is 2.63. The number of rotatable bonds is 8. The number of fused-ring (bicyclic) bond motifs is 1. The minimum absolute atomic E-state index is 0.299. The summed E-state index contributed by atoms with van der Waals surface area (Å²) in [6, 6.07) is 17.2. The van der Waals surface area contributed by atoms with Crippen molar-refractivity contribution in [3.8, 4) is 17.2 Å². The Hall–Kier alpha value is -2.72. The second kappa shape index (κ2) is 8.59. The van der Waals surface area contributed by atoms with Crippen molar-refractivity contribution in [2.45, 2.75) is 6.92 Å². The first-order valence-corrected chi connectivity index (χ1v) is 8.75. The van der Waals surface area contributed by atoms with E-state index >= 15 is 0 Å². The van der Waals surface area contributed by atoms with Crippen LogP contribution in [0.2, 0.25) is 5.02 Å². The highest BCUT2D eigenvalue weighted by atomic mass is 35.5. The average Bonchev–Trinajstić information content (AvgIpc) is 2.66. The number of carbonyl (C=O) groups excluding carboxylic acids is 1. The fourth-order valence-electron chi connectivity index (χ4n) is 2.62. The topological polar surface area (TPSA) is 44.8 Å². The quantitative estimate of drug-likeness (QED) is 0.405. The molecule has 0 aliphatic carbocycles. The molecule has 0 heterocycles. The number of benzene rings is 3. The van der Waals surface area contributed by atoms with Crippen LogP contribution >= 0.6 is 11.6 Å². The van der Waals surface area contributed by atoms with Crippen LogP contribution in [0, 0.1) is 0 Å². The van der Waals surface area contributed by atoms with Crippen LogP contribution < -0.4 is 14.2 Å². The maximum absolute atomic E-state index is 11.0. The van der Waals surface area contributed by atoms with Crippen LogP contribution in [0.3, 0.4) is 0 Å². The van der Waals surface area contributed by atoms with Gasteiger partial charge in [0.2, 0.25) is 0 Å². The average molecular weight is 371 g/mol. The van der Waals surface area contributed by atoms with Crippen molar-refractivity contribution in [1.29, 1.82) is 0 Å². The van der Waals surface area contributed by atoms with Gasteiger partial charge < -0.3 is 14.2 Å². The van der Waals surface area contributed by atoms with Crippen LogP contribution in [0.25, 0.3) is 10.8 Å². The maximum Gasteiger partial charge on any atom is 0.179 e. The van der Waals surface area contributed by atoms with E-state index in [0.717, 1.165) is 17.4 Å². The number of hydrogen-bond acceptors (Lipinski definition) is 4. The zero-order valence-electron chi connectivity index (χ0n) is 14.4. The number of ether oxygens (including phenoxy) is 3. The smallest absolute Gasteiger partial charge is 0.179 e. The van der Waals surface area contributed by atoms with Gasteiger partial charge in [0.1, 0.15) is 25.2 Å². The molecule has 3 aromatic carbocycles.